The molecule has 3 heterocycles. The summed E-state index contributed by atoms with van der Waals surface area (Å²) in [6, 6.07) is 27.8. The molecule has 0 bridgehead atoms. The highest BCUT2D eigenvalue weighted by Crippen LogP contribution is 2.35. The number of aromatic nitrogens is 3. The van der Waals surface area contributed by atoms with Crippen molar-refractivity contribution in [1.29, 1.82) is 0 Å². The van der Waals surface area contributed by atoms with Gasteiger partial charge in [-0.05, 0) is 71.8 Å². The standard InChI is InChI=1S/C33H30N6O5S/c1-42-25-14-10-22(11-15-25)27-19-28(23-12-16-26(43-2)17-13-23)39(37-27)31(40)21-45-33-36-35-30(38(33)24-7-4-3-5-8-24)20-34-32(41)29-9-6-18-44-29/h3-18,28H,19-21H2,1-2H3,(H,34,41). The van der Waals surface area contributed by atoms with E-state index in [0.717, 1.165) is 34.0 Å². The third-order valence-electron chi connectivity index (χ3n) is 7.28. The van der Waals surface area contributed by atoms with Gasteiger partial charge in [-0.25, -0.2) is 5.01 Å². The first-order valence-electron chi connectivity index (χ1n) is 14.2. The summed E-state index contributed by atoms with van der Waals surface area (Å²) in [5.74, 6) is 1.71. The molecular formula is C33H30N6O5S. The van der Waals surface area contributed by atoms with E-state index < -0.39 is 0 Å². The average Bonchev–Trinajstić information content (AvgIpc) is 3.87. The molecule has 1 unspecified atom stereocenters. The first kappa shape index (κ1) is 29.7. The maximum absolute atomic E-state index is 13.8. The number of nitrogens with zero attached hydrogens (tertiary/aromatic N) is 5. The van der Waals surface area contributed by atoms with Crippen molar-refractivity contribution in [2.45, 2.75) is 24.2 Å². The Bertz CT molecular complexity index is 1790. The molecule has 0 radical (unpaired) electrons. The van der Waals surface area contributed by atoms with Gasteiger partial charge in [0.05, 0.1) is 44.5 Å². The second kappa shape index (κ2) is 13.5. The van der Waals surface area contributed by atoms with Crippen LogP contribution in [0.3, 0.4) is 0 Å². The van der Waals surface area contributed by atoms with E-state index in [0.29, 0.717) is 17.4 Å². The van der Waals surface area contributed by atoms with E-state index in [9.17, 15) is 9.59 Å². The summed E-state index contributed by atoms with van der Waals surface area (Å²) in [6.07, 6.45) is 1.99. The number of benzene rings is 3. The number of furan rings is 1. The molecule has 2 aromatic heterocycles. The zero-order valence-electron chi connectivity index (χ0n) is 24.6. The van der Waals surface area contributed by atoms with Crippen molar-refractivity contribution in [3.63, 3.8) is 0 Å². The van der Waals surface area contributed by atoms with Gasteiger partial charge in [0.1, 0.15) is 11.5 Å². The number of para-hydroxylation sites is 1. The van der Waals surface area contributed by atoms with E-state index >= 15 is 0 Å². The molecule has 1 aliphatic rings. The fourth-order valence-electron chi connectivity index (χ4n) is 4.98. The summed E-state index contributed by atoms with van der Waals surface area (Å²) in [6.45, 7) is 0.108. The quantitative estimate of drug-likeness (QED) is 0.198. The normalized spacial score (nSPS) is 14.2. The van der Waals surface area contributed by atoms with E-state index in [1.54, 1.807) is 31.4 Å². The molecule has 1 N–H and O–H groups in total. The van der Waals surface area contributed by atoms with Gasteiger partial charge in [-0.2, -0.15) is 5.10 Å². The fourth-order valence-corrected chi connectivity index (χ4v) is 5.80. The van der Waals surface area contributed by atoms with Crippen molar-refractivity contribution >= 4 is 29.3 Å². The van der Waals surface area contributed by atoms with Gasteiger partial charge >= 0.3 is 0 Å². The number of rotatable bonds is 11. The number of amides is 2. The number of nitrogens with one attached hydrogen (secondary N) is 1. The molecule has 0 spiro atoms. The lowest BCUT2D eigenvalue weighted by Gasteiger charge is -2.22. The lowest BCUT2D eigenvalue weighted by Crippen LogP contribution is -2.28. The van der Waals surface area contributed by atoms with Crippen LogP contribution in [-0.2, 0) is 11.3 Å². The predicted octanol–water partition coefficient (Wildman–Crippen LogP) is 5.28. The summed E-state index contributed by atoms with van der Waals surface area (Å²) in [5, 5.41) is 18.4. The molecule has 0 saturated heterocycles. The smallest absolute Gasteiger partial charge is 0.287 e. The molecule has 2 amide bonds. The number of carbonyl (C=O) groups excluding carboxylic acids is 2. The maximum atomic E-state index is 13.8. The SMILES string of the molecule is COc1ccc(C2=NN(C(=O)CSc3nnc(CNC(=O)c4ccco4)n3-c3ccccc3)C(c3ccc(OC)cc3)C2)cc1. The van der Waals surface area contributed by atoms with Crippen molar-refractivity contribution in [3.05, 3.63) is 120 Å². The zero-order valence-corrected chi connectivity index (χ0v) is 25.4. The number of hydrogen-bond donors (Lipinski definition) is 1. The molecule has 45 heavy (non-hydrogen) atoms. The van der Waals surface area contributed by atoms with Crippen molar-refractivity contribution in [3.8, 4) is 17.2 Å². The molecular weight excluding hydrogens is 592 g/mol. The summed E-state index contributed by atoms with van der Waals surface area (Å²) in [5.41, 5.74) is 3.47. The largest absolute Gasteiger partial charge is 0.497 e. The lowest BCUT2D eigenvalue weighted by molar-refractivity contribution is -0.130. The summed E-state index contributed by atoms with van der Waals surface area (Å²) < 4.78 is 17.7. The molecule has 6 rings (SSSR count). The Morgan fingerprint density at radius 3 is 2.29 bits per heavy atom. The Kier molecular flexibility index (Phi) is 8.92. The van der Waals surface area contributed by atoms with Crippen molar-refractivity contribution in [1.82, 2.24) is 25.1 Å². The second-order valence-corrected chi connectivity index (χ2v) is 11.0. The van der Waals surface area contributed by atoms with E-state index in [4.69, 9.17) is 19.0 Å². The number of ether oxygens (including phenoxy) is 2. The van der Waals surface area contributed by atoms with Gasteiger partial charge in [-0.1, -0.05) is 42.1 Å². The second-order valence-electron chi connectivity index (χ2n) is 10.0. The van der Waals surface area contributed by atoms with Crippen molar-refractivity contribution in [2.75, 3.05) is 20.0 Å². The van der Waals surface area contributed by atoms with Crippen LogP contribution in [0.5, 0.6) is 11.5 Å². The molecule has 11 nitrogen and oxygen atoms in total. The van der Waals surface area contributed by atoms with Gasteiger partial charge in [-0.3, -0.25) is 14.2 Å². The number of carbonyl (C=O) groups is 2. The minimum atomic E-state index is -0.365. The number of hydrogen-bond acceptors (Lipinski definition) is 9. The van der Waals surface area contributed by atoms with E-state index in [-0.39, 0.29) is 35.9 Å². The summed E-state index contributed by atoms with van der Waals surface area (Å²) in [7, 11) is 3.24. The maximum Gasteiger partial charge on any atom is 0.287 e. The summed E-state index contributed by atoms with van der Waals surface area (Å²) >= 11 is 1.26. The van der Waals surface area contributed by atoms with Crippen LogP contribution >= 0.6 is 11.8 Å². The van der Waals surface area contributed by atoms with Gasteiger partial charge in [0.2, 0.25) is 0 Å². The van der Waals surface area contributed by atoms with Crippen molar-refractivity contribution < 1.29 is 23.5 Å². The van der Waals surface area contributed by atoms with Crippen LogP contribution in [0.2, 0.25) is 0 Å². The minimum absolute atomic E-state index is 0.0652. The van der Waals surface area contributed by atoms with Gasteiger partial charge in [0.25, 0.3) is 11.8 Å². The van der Waals surface area contributed by atoms with Gasteiger partial charge in [0, 0.05) is 12.1 Å². The van der Waals surface area contributed by atoms with Crippen LogP contribution in [-0.4, -0.2) is 57.3 Å². The minimum Gasteiger partial charge on any atom is -0.497 e. The predicted molar refractivity (Wildman–Crippen MR) is 169 cm³/mol. The van der Waals surface area contributed by atoms with Crippen LogP contribution in [0.1, 0.15) is 40.0 Å². The van der Waals surface area contributed by atoms with Crippen LogP contribution in [0.4, 0.5) is 0 Å². The molecule has 0 aliphatic carbocycles. The van der Waals surface area contributed by atoms with Gasteiger partial charge in [0.15, 0.2) is 16.7 Å². The Morgan fingerprint density at radius 2 is 1.62 bits per heavy atom. The number of methoxy groups -OCH3 is 2. The average molecular weight is 623 g/mol. The van der Waals surface area contributed by atoms with E-state index in [1.807, 2.05) is 83.4 Å². The third-order valence-corrected chi connectivity index (χ3v) is 8.19. The van der Waals surface area contributed by atoms with Crippen LogP contribution in [0, 0.1) is 0 Å². The first-order chi connectivity index (χ1) is 22.0. The van der Waals surface area contributed by atoms with Gasteiger partial charge < -0.3 is 19.2 Å². The number of thioether (sulfide) groups is 1. The monoisotopic (exact) mass is 622 g/mol. The molecule has 12 heteroatoms. The summed E-state index contributed by atoms with van der Waals surface area (Å²) in [4.78, 5) is 26.3. The molecule has 1 atom stereocenters. The highest BCUT2D eigenvalue weighted by Gasteiger charge is 2.33. The Labute approximate surface area is 263 Å². The molecule has 3 aromatic carbocycles. The highest BCUT2D eigenvalue weighted by molar-refractivity contribution is 7.99. The number of hydrazone groups is 1. The van der Waals surface area contributed by atoms with Crippen LogP contribution < -0.4 is 14.8 Å². The third kappa shape index (κ3) is 6.60. The molecule has 228 valence electrons. The molecule has 0 saturated carbocycles. The van der Waals surface area contributed by atoms with Crippen molar-refractivity contribution in [2.24, 2.45) is 5.10 Å². The zero-order chi connectivity index (χ0) is 31.2. The molecule has 1 aliphatic heterocycles. The first-order valence-corrected chi connectivity index (χ1v) is 15.1. The van der Waals surface area contributed by atoms with Gasteiger partial charge in [-0.15, -0.1) is 10.2 Å². The van der Waals surface area contributed by atoms with Crippen LogP contribution in [0.15, 0.2) is 112 Å². The van der Waals surface area contributed by atoms with E-state index in [2.05, 4.69) is 15.5 Å². The Balaban J connectivity index is 1.24. The molecule has 5 aromatic rings. The topological polar surface area (TPSA) is 124 Å². The lowest BCUT2D eigenvalue weighted by atomic mass is 9.98. The Hall–Kier alpha value is -5.36. The van der Waals surface area contributed by atoms with E-state index in [1.165, 1.54) is 18.0 Å². The van der Waals surface area contributed by atoms with Crippen LogP contribution in [0.25, 0.3) is 5.69 Å². The highest BCUT2D eigenvalue weighted by atomic mass is 32.2. The fraction of sp³-hybridized carbons (Fsp3) is 0.182. The molecule has 0 fully saturated rings. The Morgan fingerprint density at radius 1 is 0.911 bits per heavy atom.